The molecule has 2 N–H and O–H groups in total. The van der Waals surface area contributed by atoms with Crippen LogP contribution in [-0.2, 0) is 4.79 Å². The van der Waals surface area contributed by atoms with Gasteiger partial charge < -0.3 is 15.2 Å². The van der Waals surface area contributed by atoms with E-state index in [2.05, 4.69) is 21.5 Å². The molecule has 0 radical (unpaired) electrons. The Bertz CT molecular complexity index is 1010. The number of amides is 1. The van der Waals surface area contributed by atoms with E-state index in [4.69, 9.17) is 0 Å². The van der Waals surface area contributed by atoms with E-state index in [-0.39, 0.29) is 23.3 Å². The number of aromatic carboxylic acids is 1. The normalized spacial score (nSPS) is 24.1. The molecule has 29 heavy (non-hydrogen) atoms. The lowest BCUT2D eigenvalue weighted by Crippen LogP contribution is -2.37. The van der Waals surface area contributed by atoms with Crippen molar-refractivity contribution in [1.82, 2.24) is 19.9 Å². The third-order valence-electron chi connectivity index (χ3n) is 5.13. The molecule has 0 fully saturated rings. The van der Waals surface area contributed by atoms with Crippen LogP contribution in [0.15, 0.2) is 41.6 Å². The Labute approximate surface area is 168 Å². The third-order valence-corrected chi connectivity index (χ3v) is 5.13. The number of nitrogens with one attached hydrogen (secondary N) is 1. The summed E-state index contributed by atoms with van der Waals surface area (Å²) in [5.74, 6) is -1.70. The quantitative estimate of drug-likeness (QED) is 0.607. The van der Waals surface area contributed by atoms with E-state index in [0.717, 1.165) is 36.7 Å². The summed E-state index contributed by atoms with van der Waals surface area (Å²) in [6, 6.07) is 2.58. The van der Waals surface area contributed by atoms with Crippen molar-refractivity contribution in [2.24, 2.45) is 5.92 Å². The number of aldehydes is 1. The van der Waals surface area contributed by atoms with E-state index in [0.29, 0.717) is 12.1 Å². The second-order valence-corrected chi connectivity index (χ2v) is 7.34. The molecular weight excluding hydrogens is 372 g/mol. The van der Waals surface area contributed by atoms with Gasteiger partial charge in [-0.2, -0.15) is 5.10 Å². The van der Waals surface area contributed by atoms with Crippen molar-refractivity contribution in [3.05, 3.63) is 53.0 Å². The Morgan fingerprint density at radius 3 is 2.83 bits per heavy atom. The number of carboxylic acid groups (broad SMARTS) is 1. The zero-order valence-corrected chi connectivity index (χ0v) is 16.5. The van der Waals surface area contributed by atoms with E-state index >= 15 is 0 Å². The van der Waals surface area contributed by atoms with Gasteiger partial charge in [0.1, 0.15) is 12.0 Å². The lowest BCUT2D eigenvalue weighted by molar-refractivity contribution is -0.110. The predicted molar refractivity (Wildman–Crippen MR) is 107 cm³/mol. The first-order valence-corrected chi connectivity index (χ1v) is 9.57. The SMILES string of the molecule is C/C1=C\C(C=O)CC/C=C(\C)C(NC(=O)c2cc(C(=O)O)nc3ccnn23)CC1. The summed E-state index contributed by atoms with van der Waals surface area (Å²) in [5, 5.41) is 16.4. The van der Waals surface area contributed by atoms with Gasteiger partial charge >= 0.3 is 5.97 Å². The summed E-state index contributed by atoms with van der Waals surface area (Å²) in [5.41, 5.74) is 2.34. The summed E-state index contributed by atoms with van der Waals surface area (Å²) in [6.45, 7) is 3.95. The van der Waals surface area contributed by atoms with E-state index < -0.39 is 11.9 Å². The highest BCUT2D eigenvalue weighted by atomic mass is 16.4. The van der Waals surface area contributed by atoms with E-state index in [1.807, 2.05) is 19.9 Å². The predicted octanol–water partition coefficient (Wildman–Crippen LogP) is 2.81. The average Bonchev–Trinajstić information content (AvgIpc) is 3.17. The number of carboxylic acids is 1. The van der Waals surface area contributed by atoms with Crippen LogP contribution in [-0.4, -0.2) is 43.9 Å². The van der Waals surface area contributed by atoms with Gasteiger partial charge in [0.25, 0.3) is 5.91 Å². The minimum atomic E-state index is -1.21. The van der Waals surface area contributed by atoms with Crippen molar-refractivity contribution in [3.63, 3.8) is 0 Å². The highest BCUT2D eigenvalue weighted by Crippen LogP contribution is 2.20. The topological polar surface area (TPSA) is 114 Å². The van der Waals surface area contributed by atoms with Crippen LogP contribution in [0.25, 0.3) is 5.65 Å². The maximum Gasteiger partial charge on any atom is 0.354 e. The van der Waals surface area contributed by atoms with Crippen molar-refractivity contribution in [2.75, 3.05) is 0 Å². The fraction of sp³-hybridized carbons (Fsp3) is 0.381. The van der Waals surface area contributed by atoms with Crippen LogP contribution in [0.3, 0.4) is 0 Å². The molecule has 2 heterocycles. The second-order valence-electron chi connectivity index (χ2n) is 7.34. The smallest absolute Gasteiger partial charge is 0.354 e. The number of carbonyl (C=O) groups is 3. The molecular formula is C21H24N4O4. The van der Waals surface area contributed by atoms with Gasteiger partial charge in [-0.05, 0) is 39.5 Å². The van der Waals surface area contributed by atoms with Crippen molar-refractivity contribution in [3.8, 4) is 0 Å². The number of carbonyl (C=O) groups excluding carboxylic acids is 2. The number of allylic oxidation sites excluding steroid dienone is 3. The third kappa shape index (κ3) is 4.77. The summed E-state index contributed by atoms with van der Waals surface area (Å²) in [7, 11) is 0. The molecule has 2 unspecified atom stereocenters. The maximum atomic E-state index is 13.0. The van der Waals surface area contributed by atoms with Crippen LogP contribution in [0.2, 0.25) is 0 Å². The number of fused-ring (bicyclic) bond motifs is 1. The highest BCUT2D eigenvalue weighted by molar-refractivity contribution is 5.96. The number of rotatable bonds is 4. The van der Waals surface area contributed by atoms with E-state index in [9.17, 15) is 19.5 Å². The minimum absolute atomic E-state index is 0.0791. The summed E-state index contributed by atoms with van der Waals surface area (Å²) in [6.07, 6.45) is 9.40. The molecule has 8 nitrogen and oxygen atoms in total. The number of hydrogen-bond donors (Lipinski definition) is 2. The van der Waals surface area contributed by atoms with Crippen LogP contribution in [0.5, 0.6) is 0 Å². The molecule has 1 aliphatic rings. The Kier molecular flexibility index (Phi) is 6.21. The van der Waals surface area contributed by atoms with Gasteiger partial charge in [0.05, 0.1) is 12.2 Å². The van der Waals surface area contributed by atoms with Gasteiger partial charge in [0, 0.05) is 18.1 Å². The molecule has 1 aliphatic carbocycles. The van der Waals surface area contributed by atoms with Crippen LogP contribution in [0.4, 0.5) is 0 Å². The first-order valence-electron chi connectivity index (χ1n) is 9.57. The number of aromatic nitrogens is 3. The van der Waals surface area contributed by atoms with Crippen molar-refractivity contribution in [2.45, 2.75) is 45.6 Å². The largest absolute Gasteiger partial charge is 0.477 e. The molecule has 2 aromatic rings. The molecule has 0 saturated heterocycles. The van der Waals surface area contributed by atoms with Gasteiger partial charge in [-0.25, -0.2) is 14.3 Å². The lowest BCUT2D eigenvalue weighted by Gasteiger charge is -2.22. The van der Waals surface area contributed by atoms with E-state index in [1.165, 1.54) is 16.8 Å². The molecule has 0 aromatic carbocycles. The van der Waals surface area contributed by atoms with Gasteiger partial charge in [0.2, 0.25) is 0 Å². The van der Waals surface area contributed by atoms with Crippen LogP contribution in [0, 0.1) is 5.92 Å². The summed E-state index contributed by atoms with van der Waals surface area (Å²) in [4.78, 5) is 39.5. The van der Waals surface area contributed by atoms with Crippen molar-refractivity contribution >= 4 is 23.8 Å². The molecule has 0 saturated carbocycles. The van der Waals surface area contributed by atoms with Crippen LogP contribution in [0.1, 0.15) is 60.5 Å². The Balaban J connectivity index is 1.86. The molecule has 8 heteroatoms. The fourth-order valence-corrected chi connectivity index (χ4v) is 3.49. The maximum absolute atomic E-state index is 13.0. The second kappa shape index (κ2) is 8.81. The molecule has 0 aliphatic heterocycles. The molecule has 2 atom stereocenters. The molecule has 152 valence electrons. The van der Waals surface area contributed by atoms with E-state index in [1.54, 1.807) is 6.07 Å². The zero-order valence-electron chi connectivity index (χ0n) is 16.5. The molecule has 0 bridgehead atoms. The fourth-order valence-electron chi connectivity index (χ4n) is 3.49. The van der Waals surface area contributed by atoms with Gasteiger partial charge in [0.15, 0.2) is 11.3 Å². The Morgan fingerprint density at radius 2 is 2.10 bits per heavy atom. The molecule has 2 aromatic heterocycles. The van der Waals surface area contributed by atoms with Gasteiger partial charge in [-0.3, -0.25) is 4.79 Å². The summed E-state index contributed by atoms with van der Waals surface area (Å²) < 4.78 is 1.33. The average molecular weight is 396 g/mol. The first kappa shape index (κ1) is 20.4. The van der Waals surface area contributed by atoms with Gasteiger partial charge in [-0.1, -0.05) is 23.3 Å². The molecule has 3 rings (SSSR count). The first-order chi connectivity index (χ1) is 13.9. The number of nitrogens with zero attached hydrogens (tertiary/aromatic N) is 3. The van der Waals surface area contributed by atoms with Crippen LogP contribution >= 0.6 is 0 Å². The lowest BCUT2D eigenvalue weighted by atomic mass is 9.93. The summed E-state index contributed by atoms with van der Waals surface area (Å²) >= 11 is 0. The monoisotopic (exact) mass is 396 g/mol. The Morgan fingerprint density at radius 1 is 1.31 bits per heavy atom. The minimum Gasteiger partial charge on any atom is -0.477 e. The van der Waals surface area contributed by atoms with Gasteiger partial charge in [-0.15, -0.1) is 0 Å². The standard InChI is InChI=1S/C21H24N4O4/c1-13-6-7-16(14(2)4-3-5-15(10-13)12-26)24-20(27)18-11-17(21(28)29)23-19-8-9-22-25(18)19/h4,8-12,15-16H,3,5-7H2,1-2H3,(H,24,27)(H,28,29)/b13-10+,14-4+. The van der Waals surface area contributed by atoms with Crippen molar-refractivity contribution < 1.29 is 19.5 Å². The Hall–Kier alpha value is -3.29. The molecule has 1 amide bonds. The zero-order chi connectivity index (χ0) is 21.0. The highest BCUT2D eigenvalue weighted by Gasteiger charge is 2.21. The number of hydrogen-bond acceptors (Lipinski definition) is 5. The van der Waals surface area contributed by atoms with Crippen molar-refractivity contribution in [1.29, 1.82) is 0 Å². The molecule has 0 spiro atoms. The van der Waals surface area contributed by atoms with Crippen LogP contribution < -0.4 is 5.32 Å².